The molecule has 0 aliphatic rings. The minimum absolute atomic E-state index is 0.102. The summed E-state index contributed by atoms with van der Waals surface area (Å²) >= 11 is 0. The van der Waals surface area contributed by atoms with E-state index in [1.54, 1.807) is 0 Å². The number of rotatable bonds is 7. The van der Waals surface area contributed by atoms with Gasteiger partial charge in [-0.25, -0.2) is 0 Å². The predicted octanol–water partition coefficient (Wildman–Crippen LogP) is 3.57. The van der Waals surface area contributed by atoms with E-state index in [0.29, 0.717) is 12.3 Å². The maximum atomic E-state index is 12.0. The Balaban J connectivity index is 2.50. The van der Waals surface area contributed by atoms with Crippen molar-refractivity contribution in [1.29, 1.82) is 0 Å². The van der Waals surface area contributed by atoms with Gasteiger partial charge >= 0.3 is 0 Å². The van der Waals surface area contributed by atoms with Gasteiger partial charge in [0.1, 0.15) is 0 Å². The van der Waals surface area contributed by atoms with Gasteiger partial charge in [-0.05, 0) is 26.2 Å². The summed E-state index contributed by atoms with van der Waals surface area (Å²) < 4.78 is 0. The van der Waals surface area contributed by atoms with E-state index in [1.807, 2.05) is 13.8 Å². The molecule has 4 nitrogen and oxygen atoms in total. The molecule has 1 amide bonds. The SMILES string of the molecule is CCCC[C@H](CC)CC(=O)Nc1c(C)n[nH]c1C. The Bertz CT molecular complexity index is 365. The van der Waals surface area contributed by atoms with Crippen molar-refractivity contribution in [2.45, 2.75) is 59.8 Å². The van der Waals surface area contributed by atoms with Crippen molar-refractivity contribution in [3.05, 3.63) is 11.4 Å². The number of anilines is 1. The third kappa shape index (κ3) is 4.17. The molecule has 0 unspecified atom stereocenters. The van der Waals surface area contributed by atoms with E-state index in [1.165, 1.54) is 12.8 Å². The fourth-order valence-corrected chi connectivity index (χ4v) is 2.13. The Morgan fingerprint density at radius 2 is 2.11 bits per heavy atom. The van der Waals surface area contributed by atoms with Crippen molar-refractivity contribution < 1.29 is 4.79 Å². The Hall–Kier alpha value is -1.32. The molecule has 4 heteroatoms. The van der Waals surface area contributed by atoms with Crippen LogP contribution >= 0.6 is 0 Å². The van der Waals surface area contributed by atoms with Crippen molar-refractivity contribution in [3.8, 4) is 0 Å². The van der Waals surface area contributed by atoms with Gasteiger partial charge in [-0.2, -0.15) is 5.10 Å². The standard InChI is InChI=1S/C14H25N3O/c1-5-7-8-12(6-2)9-13(18)15-14-10(3)16-17-11(14)4/h12H,5-9H2,1-4H3,(H,15,18)(H,16,17)/t12-/m0/s1. The summed E-state index contributed by atoms with van der Waals surface area (Å²) in [5.41, 5.74) is 2.61. The molecular formula is C14H25N3O. The number of aromatic amines is 1. The lowest BCUT2D eigenvalue weighted by atomic mass is 9.95. The average molecular weight is 251 g/mol. The van der Waals surface area contributed by atoms with Gasteiger partial charge in [0.05, 0.1) is 17.1 Å². The molecule has 18 heavy (non-hydrogen) atoms. The van der Waals surface area contributed by atoms with Gasteiger partial charge in [-0.15, -0.1) is 0 Å². The monoisotopic (exact) mass is 251 g/mol. The Morgan fingerprint density at radius 1 is 1.39 bits per heavy atom. The predicted molar refractivity (Wildman–Crippen MR) is 74.6 cm³/mol. The highest BCUT2D eigenvalue weighted by atomic mass is 16.1. The highest BCUT2D eigenvalue weighted by molar-refractivity contribution is 5.91. The zero-order chi connectivity index (χ0) is 13.5. The molecular weight excluding hydrogens is 226 g/mol. The first-order chi connectivity index (χ1) is 8.58. The minimum Gasteiger partial charge on any atom is -0.323 e. The molecule has 0 saturated heterocycles. The van der Waals surface area contributed by atoms with Crippen LogP contribution in [-0.2, 0) is 4.79 Å². The van der Waals surface area contributed by atoms with Crippen molar-refractivity contribution in [2.75, 3.05) is 5.32 Å². The molecule has 0 fully saturated rings. The lowest BCUT2D eigenvalue weighted by Gasteiger charge is -2.14. The highest BCUT2D eigenvalue weighted by Gasteiger charge is 2.14. The van der Waals surface area contributed by atoms with E-state index in [-0.39, 0.29) is 5.91 Å². The van der Waals surface area contributed by atoms with Gasteiger partial charge in [0.25, 0.3) is 0 Å². The number of nitrogens with one attached hydrogen (secondary N) is 2. The molecule has 1 rings (SSSR count). The van der Waals surface area contributed by atoms with Crippen LogP contribution in [0.4, 0.5) is 5.69 Å². The van der Waals surface area contributed by atoms with E-state index in [2.05, 4.69) is 29.4 Å². The zero-order valence-corrected chi connectivity index (χ0v) is 12.0. The molecule has 1 aromatic heterocycles. The van der Waals surface area contributed by atoms with Crippen molar-refractivity contribution >= 4 is 11.6 Å². The smallest absolute Gasteiger partial charge is 0.224 e. The normalized spacial score (nSPS) is 12.4. The quantitative estimate of drug-likeness (QED) is 0.778. The average Bonchev–Trinajstić information content (AvgIpc) is 2.66. The third-order valence-corrected chi connectivity index (χ3v) is 3.41. The van der Waals surface area contributed by atoms with E-state index in [4.69, 9.17) is 0 Å². The van der Waals surface area contributed by atoms with Crippen LogP contribution in [0.3, 0.4) is 0 Å². The van der Waals surface area contributed by atoms with Gasteiger partial charge in [0.2, 0.25) is 5.91 Å². The molecule has 0 radical (unpaired) electrons. The molecule has 102 valence electrons. The summed E-state index contributed by atoms with van der Waals surface area (Å²) in [5.74, 6) is 0.600. The summed E-state index contributed by atoms with van der Waals surface area (Å²) in [6.45, 7) is 8.16. The number of unbranched alkanes of at least 4 members (excludes halogenated alkanes) is 1. The number of amides is 1. The summed E-state index contributed by atoms with van der Waals surface area (Å²) in [6, 6.07) is 0. The second kappa shape index (κ2) is 7.19. The minimum atomic E-state index is 0.102. The molecule has 1 heterocycles. The molecule has 0 saturated carbocycles. The summed E-state index contributed by atoms with van der Waals surface area (Å²) in [6.07, 6.45) is 5.22. The van der Waals surface area contributed by atoms with Gasteiger partial charge in [-0.1, -0.05) is 33.1 Å². The van der Waals surface area contributed by atoms with Crippen LogP contribution in [0.15, 0.2) is 0 Å². The van der Waals surface area contributed by atoms with Crippen molar-refractivity contribution in [3.63, 3.8) is 0 Å². The number of carbonyl (C=O) groups excluding carboxylic acids is 1. The third-order valence-electron chi connectivity index (χ3n) is 3.41. The molecule has 0 aromatic carbocycles. The van der Waals surface area contributed by atoms with Gasteiger partial charge in [0, 0.05) is 6.42 Å². The molecule has 0 aliphatic heterocycles. The van der Waals surface area contributed by atoms with Crippen molar-refractivity contribution in [2.24, 2.45) is 5.92 Å². The summed E-state index contributed by atoms with van der Waals surface area (Å²) in [7, 11) is 0. The highest BCUT2D eigenvalue weighted by Crippen LogP contribution is 2.20. The summed E-state index contributed by atoms with van der Waals surface area (Å²) in [4.78, 5) is 12.0. The molecule has 1 atom stereocenters. The fourth-order valence-electron chi connectivity index (χ4n) is 2.13. The number of carbonyl (C=O) groups is 1. The first-order valence-electron chi connectivity index (χ1n) is 6.89. The summed E-state index contributed by atoms with van der Waals surface area (Å²) in [5, 5.41) is 9.92. The lowest BCUT2D eigenvalue weighted by molar-refractivity contribution is -0.117. The van der Waals surface area contributed by atoms with Crippen LogP contribution in [0.2, 0.25) is 0 Å². The van der Waals surface area contributed by atoms with Crippen LogP contribution in [0.5, 0.6) is 0 Å². The van der Waals surface area contributed by atoms with E-state index in [0.717, 1.165) is 29.9 Å². The van der Waals surface area contributed by atoms with E-state index >= 15 is 0 Å². The van der Waals surface area contributed by atoms with E-state index in [9.17, 15) is 4.79 Å². The first kappa shape index (κ1) is 14.7. The maximum Gasteiger partial charge on any atom is 0.224 e. The lowest BCUT2D eigenvalue weighted by Crippen LogP contribution is -2.17. The van der Waals surface area contributed by atoms with Gasteiger partial charge in [-0.3, -0.25) is 9.89 Å². The first-order valence-corrected chi connectivity index (χ1v) is 6.89. The van der Waals surface area contributed by atoms with Crippen LogP contribution in [-0.4, -0.2) is 16.1 Å². The second-order valence-corrected chi connectivity index (χ2v) is 4.98. The number of hydrogen-bond acceptors (Lipinski definition) is 2. The fraction of sp³-hybridized carbons (Fsp3) is 0.714. The van der Waals surface area contributed by atoms with Crippen molar-refractivity contribution in [1.82, 2.24) is 10.2 Å². The number of nitrogens with zero attached hydrogens (tertiary/aromatic N) is 1. The largest absolute Gasteiger partial charge is 0.323 e. The van der Waals surface area contributed by atoms with Gasteiger partial charge < -0.3 is 5.32 Å². The molecule has 1 aromatic rings. The maximum absolute atomic E-state index is 12.0. The Morgan fingerprint density at radius 3 is 2.61 bits per heavy atom. The number of aryl methyl sites for hydroxylation is 2. The van der Waals surface area contributed by atoms with Crippen LogP contribution in [0.1, 0.15) is 57.3 Å². The van der Waals surface area contributed by atoms with Crippen LogP contribution in [0, 0.1) is 19.8 Å². The molecule has 2 N–H and O–H groups in total. The molecule has 0 bridgehead atoms. The molecule has 0 aliphatic carbocycles. The van der Waals surface area contributed by atoms with Gasteiger partial charge in [0.15, 0.2) is 0 Å². The van der Waals surface area contributed by atoms with Crippen LogP contribution in [0.25, 0.3) is 0 Å². The topological polar surface area (TPSA) is 57.8 Å². The zero-order valence-electron chi connectivity index (χ0n) is 12.0. The second-order valence-electron chi connectivity index (χ2n) is 4.98. The number of hydrogen-bond donors (Lipinski definition) is 2. The van der Waals surface area contributed by atoms with Crippen LogP contribution < -0.4 is 5.32 Å². The molecule has 0 spiro atoms. The van der Waals surface area contributed by atoms with E-state index < -0.39 is 0 Å². The number of aromatic nitrogens is 2. The number of H-pyrrole nitrogens is 1. The Kier molecular flexibility index (Phi) is 5.89. The Labute approximate surface area is 110 Å².